The first kappa shape index (κ1) is 11.4. The topological polar surface area (TPSA) is 90.1 Å². The zero-order valence-electron chi connectivity index (χ0n) is 8.10. The van der Waals surface area contributed by atoms with E-state index >= 15 is 0 Å². The Morgan fingerprint density at radius 2 is 2.40 bits per heavy atom. The van der Waals surface area contributed by atoms with E-state index < -0.39 is 11.0 Å². The highest BCUT2D eigenvalue weighted by atomic mass is 35.5. The van der Waals surface area contributed by atoms with Crippen molar-refractivity contribution in [1.29, 1.82) is 0 Å². The van der Waals surface area contributed by atoms with Gasteiger partial charge in [-0.15, -0.1) is 0 Å². The van der Waals surface area contributed by atoms with Gasteiger partial charge in [0.15, 0.2) is 0 Å². The molecule has 7 nitrogen and oxygen atoms in total. The second-order valence-corrected chi connectivity index (χ2v) is 3.19. The molecule has 0 radical (unpaired) electrons. The molecule has 0 aliphatic carbocycles. The second kappa shape index (κ2) is 4.26. The number of carbonyl (C=O) groups excluding carboxylic acids is 1. The lowest BCUT2D eigenvalue weighted by Crippen LogP contribution is -2.28. The number of likely N-dealkylation sites (N-methyl/N-ethyl adjacent to an activating group) is 1. The first-order valence-electron chi connectivity index (χ1n) is 4.08. The summed E-state index contributed by atoms with van der Waals surface area (Å²) < 4.78 is 1.15. The fourth-order valence-electron chi connectivity index (χ4n) is 1.01. The first-order valence-corrected chi connectivity index (χ1v) is 4.45. The van der Waals surface area contributed by atoms with Gasteiger partial charge in [0.05, 0.1) is 4.92 Å². The predicted molar refractivity (Wildman–Crippen MR) is 52.7 cm³/mol. The van der Waals surface area contributed by atoms with Gasteiger partial charge in [-0.25, -0.2) is 0 Å². The van der Waals surface area contributed by atoms with E-state index in [2.05, 4.69) is 10.4 Å². The summed E-state index contributed by atoms with van der Waals surface area (Å²) in [4.78, 5) is 21.0. The minimum absolute atomic E-state index is 0.226. The van der Waals surface area contributed by atoms with Crippen LogP contribution in [0.15, 0.2) is 6.20 Å². The molecule has 0 aliphatic heterocycles. The Balaban J connectivity index is 3.02. The molecule has 1 amide bonds. The predicted octanol–water partition coefficient (Wildman–Crippen LogP) is 0.752. The lowest BCUT2D eigenvalue weighted by Gasteiger charge is -2.08. The van der Waals surface area contributed by atoms with Crippen LogP contribution >= 0.6 is 11.6 Å². The van der Waals surface area contributed by atoms with E-state index in [0.29, 0.717) is 0 Å². The number of amides is 1. The SMILES string of the molecule is CNC(=O)C(C)n1cc([N+](=O)[O-])c(Cl)n1. The number of nitrogens with one attached hydrogen (secondary N) is 1. The van der Waals surface area contributed by atoms with E-state index in [-0.39, 0.29) is 16.7 Å². The van der Waals surface area contributed by atoms with Gasteiger partial charge in [-0.05, 0) is 6.92 Å². The highest BCUT2D eigenvalue weighted by Gasteiger charge is 2.22. The molecule has 0 bridgehead atoms. The number of halogens is 1. The number of carbonyl (C=O) groups is 1. The number of hydrogen-bond acceptors (Lipinski definition) is 4. The highest BCUT2D eigenvalue weighted by Crippen LogP contribution is 2.23. The molecule has 0 fully saturated rings. The van der Waals surface area contributed by atoms with Gasteiger partial charge in [-0.3, -0.25) is 19.6 Å². The number of nitrogens with zero attached hydrogens (tertiary/aromatic N) is 3. The van der Waals surface area contributed by atoms with E-state index in [1.807, 2.05) is 0 Å². The van der Waals surface area contributed by atoms with Crippen LogP contribution in [-0.2, 0) is 4.79 Å². The third-order valence-electron chi connectivity index (χ3n) is 1.89. The van der Waals surface area contributed by atoms with Crippen molar-refractivity contribution in [2.75, 3.05) is 7.05 Å². The van der Waals surface area contributed by atoms with Crippen LogP contribution in [-0.4, -0.2) is 27.7 Å². The minimum Gasteiger partial charge on any atom is -0.357 e. The molecule has 1 unspecified atom stereocenters. The summed E-state index contributed by atoms with van der Waals surface area (Å²) >= 11 is 5.53. The lowest BCUT2D eigenvalue weighted by molar-refractivity contribution is -0.384. The van der Waals surface area contributed by atoms with Gasteiger partial charge in [0.25, 0.3) is 0 Å². The van der Waals surface area contributed by atoms with Crippen molar-refractivity contribution in [3.63, 3.8) is 0 Å². The smallest absolute Gasteiger partial charge is 0.325 e. The fourth-order valence-corrected chi connectivity index (χ4v) is 1.22. The van der Waals surface area contributed by atoms with E-state index in [1.165, 1.54) is 7.05 Å². The summed E-state index contributed by atoms with van der Waals surface area (Å²) in [6, 6.07) is -0.638. The van der Waals surface area contributed by atoms with Crippen molar-refractivity contribution < 1.29 is 9.72 Å². The monoisotopic (exact) mass is 232 g/mol. The van der Waals surface area contributed by atoms with E-state index in [4.69, 9.17) is 11.6 Å². The Morgan fingerprint density at radius 1 is 1.80 bits per heavy atom. The maximum absolute atomic E-state index is 11.2. The van der Waals surface area contributed by atoms with Gasteiger partial charge in [0.1, 0.15) is 12.2 Å². The summed E-state index contributed by atoms with van der Waals surface area (Å²) in [5, 5.41) is 16.3. The Labute approximate surface area is 90.2 Å². The fraction of sp³-hybridized carbons (Fsp3) is 0.429. The lowest BCUT2D eigenvalue weighted by atomic mass is 10.3. The van der Waals surface area contributed by atoms with Gasteiger partial charge in [0.2, 0.25) is 11.1 Å². The van der Waals surface area contributed by atoms with Crippen molar-refractivity contribution in [3.8, 4) is 0 Å². The minimum atomic E-state index is -0.650. The quantitative estimate of drug-likeness (QED) is 0.615. The summed E-state index contributed by atoms with van der Waals surface area (Å²) in [7, 11) is 1.47. The Bertz CT molecular complexity index is 403. The zero-order chi connectivity index (χ0) is 11.6. The molecule has 0 spiro atoms. The number of nitro groups is 1. The van der Waals surface area contributed by atoms with Gasteiger partial charge in [-0.1, -0.05) is 11.6 Å². The Hall–Kier alpha value is -1.63. The first-order chi connectivity index (χ1) is 6.97. The summed E-state index contributed by atoms with van der Waals surface area (Å²) in [6.45, 7) is 1.56. The van der Waals surface area contributed by atoms with E-state index in [9.17, 15) is 14.9 Å². The van der Waals surface area contributed by atoms with Crippen LogP contribution in [0, 0.1) is 10.1 Å². The van der Waals surface area contributed by atoms with Crippen LogP contribution in [0.5, 0.6) is 0 Å². The molecule has 8 heteroatoms. The van der Waals surface area contributed by atoms with Crippen molar-refractivity contribution in [1.82, 2.24) is 15.1 Å². The van der Waals surface area contributed by atoms with Crippen molar-refractivity contribution in [3.05, 3.63) is 21.5 Å². The number of rotatable bonds is 3. The number of aromatic nitrogens is 2. The second-order valence-electron chi connectivity index (χ2n) is 2.83. The van der Waals surface area contributed by atoms with Crippen LogP contribution in [0.4, 0.5) is 5.69 Å². The standard InChI is InChI=1S/C7H9ClN4O3/c1-4(7(13)9-2)11-3-5(12(14)15)6(8)10-11/h3-4H,1-2H3,(H,9,13). The molecule has 1 atom stereocenters. The van der Waals surface area contributed by atoms with Crippen LogP contribution in [0.2, 0.25) is 5.15 Å². The summed E-state index contributed by atoms with van der Waals surface area (Å²) in [6.07, 6.45) is 1.13. The molecule has 0 saturated carbocycles. The molecule has 0 saturated heterocycles. The average molecular weight is 233 g/mol. The number of hydrogen-bond donors (Lipinski definition) is 1. The van der Waals surface area contributed by atoms with E-state index in [1.54, 1.807) is 6.92 Å². The molecule has 1 rings (SSSR count). The molecule has 0 aliphatic rings. The molecular formula is C7H9ClN4O3. The zero-order valence-corrected chi connectivity index (χ0v) is 8.85. The van der Waals surface area contributed by atoms with Crippen LogP contribution < -0.4 is 5.32 Å². The molecule has 82 valence electrons. The molecule has 1 heterocycles. The Morgan fingerprint density at radius 3 is 2.80 bits per heavy atom. The third kappa shape index (κ3) is 2.24. The van der Waals surface area contributed by atoms with Gasteiger partial charge in [-0.2, -0.15) is 5.10 Å². The van der Waals surface area contributed by atoms with Crippen LogP contribution in [0.3, 0.4) is 0 Å². The highest BCUT2D eigenvalue weighted by molar-refractivity contribution is 6.31. The van der Waals surface area contributed by atoms with Crippen molar-refractivity contribution in [2.45, 2.75) is 13.0 Å². The molecular weight excluding hydrogens is 224 g/mol. The molecule has 1 aromatic rings. The van der Waals surface area contributed by atoms with Gasteiger partial charge in [0, 0.05) is 7.05 Å². The van der Waals surface area contributed by atoms with Gasteiger partial charge >= 0.3 is 5.69 Å². The Kier molecular flexibility index (Phi) is 3.25. The molecule has 15 heavy (non-hydrogen) atoms. The summed E-state index contributed by atoms with van der Waals surface area (Å²) in [5.41, 5.74) is -0.313. The van der Waals surface area contributed by atoms with Crippen LogP contribution in [0.1, 0.15) is 13.0 Å². The van der Waals surface area contributed by atoms with Gasteiger partial charge < -0.3 is 5.32 Å². The van der Waals surface area contributed by atoms with E-state index in [0.717, 1.165) is 10.9 Å². The van der Waals surface area contributed by atoms with Crippen molar-refractivity contribution in [2.24, 2.45) is 0 Å². The normalized spacial score (nSPS) is 12.2. The van der Waals surface area contributed by atoms with Crippen LogP contribution in [0.25, 0.3) is 0 Å². The van der Waals surface area contributed by atoms with Crippen molar-refractivity contribution >= 4 is 23.2 Å². The maximum atomic E-state index is 11.2. The third-order valence-corrected chi connectivity index (χ3v) is 2.16. The molecule has 0 aromatic carbocycles. The average Bonchev–Trinajstić information content (AvgIpc) is 2.58. The molecule has 1 aromatic heterocycles. The largest absolute Gasteiger partial charge is 0.357 e. The molecule has 1 N–H and O–H groups in total. The maximum Gasteiger partial charge on any atom is 0.325 e. The summed E-state index contributed by atoms with van der Waals surface area (Å²) in [5.74, 6) is -0.302.